The fraction of sp³-hybridized carbons (Fsp3) is 0.444. The summed E-state index contributed by atoms with van der Waals surface area (Å²) < 4.78 is 0. The van der Waals surface area contributed by atoms with Crippen molar-refractivity contribution in [3.8, 4) is 0 Å². The monoisotopic (exact) mass is 315 g/mol. The van der Waals surface area contributed by atoms with E-state index in [2.05, 4.69) is 46.4 Å². The van der Waals surface area contributed by atoms with E-state index in [1.54, 1.807) is 6.08 Å². The fourth-order valence-corrected chi connectivity index (χ4v) is 2.75. The minimum absolute atomic E-state index is 0.310. The second-order valence-electron chi connectivity index (χ2n) is 5.91. The SMILES string of the molecule is C=CCNC(=O)C(=O)NCC1CCN(Cc2ccccc2)CC1. The maximum atomic E-state index is 11.6. The smallest absolute Gasteiger partial charge is 0.309 e. The molecule has 0 spiro atoms. The van der Waals surface area contributed by atoms with Crippen LogP contribution in [0.25, 0.3) is 0 Å². The number of piperidine rings is 1. The molecular weight excluding hydrogens is 290 g/mol. The summed E-state index contributed by atoms with van der Waals surface area (Å²) in [5.41, 5.74) is 1.33. The van der Waals surface area contributed by atoms with E-state index < -0.39 is 11.8 Å². The molecule has 2 amide bonds. The molecule has 1 fully saturated rings. The maximum Gasteiger partial charge on any atom is 0.309 e. The van der Waals surface area contributed by atoms with Gasteiger partial charge in [-0.3, -0.25) is 14.5 Å². The molecule has 0 atom stereocenters. The maximum absolute atomic E-state index is 11.6. The lowest BCUT2D eigenvalue weighted by Crippen LogP contribution is -2.43. The molecule has 0 unspecified atom stereocenters. The first-order valence-electron chi connectivity index (χ1n) is 8.12. The van der Waals surface area contributed by atoms with Crippen molar-refractivity contribution in [2.45, 2.75) is 19.4 Å². The van der Waals surface area contributed by atoms with Crippen LogP contribution in [0.1, 0.15) is 18.4 Å². The zero-order chi connectivity index (χ0) is 16.5. The van der Waals surface area contributed by atoms with Crippen molar-refractivity contribution in [2.75, 3.05) is 26.2 Å². The van der Waals surface area contributed by atoms with E-state index in [9.17, 15) is 9.59 Å². The largest absolute Gasteiger partial charge is 0.348 e. The molecule has 5 nitrogen and oxygen atoms in total. The summed E-state index contributed by atoms with van der Waals surface area (Å²) in [6.07, 6.45) is 3.64. The molecule has 1 saturated heterocycles. The van der Waals surface area contributed by atoms with Gasteiger partial charge in [-0.2, -0.15) is 0 Å². The molecule has 1 aromatic carbocycles. The Morgan fingerprint density at radius 1 is 1.13 bits per heavy atom. The highest BCUT2D eigenvalue weighted by atomic mass is 16.2. The number of hydrogen-bond donors (Lipinski definition) is 2. The van der Waals surface area contributed by atoms with Crippen LogP contribution in [0.5, 0.6) is 0 Å². The van der Waals surface area contributed by atoms with Crippen LogP contribution >= 0.6 is 0 Å². The Bertz CT molecular complexity index is 522. The van der Waals surface area contributed by atoms with Crippen molar-refractivity contribution in [3.63, 3.8) is 0 Å². The van der Waals surface area contributed by atoms with Crippen LogP contribution in [0.3, 0.4) is 0 Å². The van der Waals surface area contributed by atoms with Crippen molar-refractivity contribution in [2.24, 2.45) is 5.92 Å². The predicted octanol–water partition coefficient (Wildman–Crippen LogP) is 1.32. The van der Waals surface area contributed by atoms with E-state index in [4.69, 9.17) is 0 Å². The first-order chi connectivity index (χ1) is 11.2. The molecule has 0 saturated carbocycles. The second kappa shape index (κ2) is 9.10. The predicted molar refractivity (Wildman–Crippen MR) is 90.7 cm³/mol. The summed E-state index contributed by atoms with van der Waals surface area (Å²) in [5, 5.41) is 5.20. The quantitative estimate of drug-likeness (QED) is 0.615. The number of nitrogens with one attached hydrogen (secondary N) is 2. The second-order valence-corrected chi connectivity index (χ2v) is 5.91. The highest BCUT2D eigenvalue weighted by molar-refractivity contribution is 6.35. The third-order valence-electron chi connectivity index (χ3n) is 4.12. The summed E-state index contributed by atoms with van der Waals surface area (Å²) in [7, 11) is 0. The van der Waals surface area contributed by atoms with Gasteiger partial charge < -0.3 is 10.6 Å². The number of rotatable bonds is 6. The third-order valence-corrected chi connectivity index (χ3v) is 4.12. The third kappa shape index (κ3) is 5.87. The standard InChI is InChI=1S/C18H25N3O2/c1-2-10-19-17(22)18(23)20-13-15-8-11-21(12-9-15)14-16-6-4-3-5-7-16/h2-7,15H,1,8-14H2,(H,19,22)(H,20,23). The highest BCUT2D eigenvalue weighted by Gasteiger charge is 2.21. The van der Waals surface area contributed by atoms with Gasteiger partial charge in [-0.05, 0) is 37.4 Å². The minimum atomic E-state index is -0.591. The summed E-state index contributed by atoms with van der Waals surface area (Å²) >= 11 is 0. The molecule has 0 bridgehead atoms. The van der Waals surface area contributed by atoms with Gasteiger partial charge in [-0.1, -0.05) is 36.4 Å². The molecule has 1 heterocycles. The Morgan fingerprint density at radius 2 is 1.78 bits per heavy atom. The lowest BCUT2D eigenvalue weighted by atomic mass is 9.96. The Balaban J connectivity index is 1.65. The summed E-state index contributed by atoms with van der Waals surface area (Å²) in [4.78, 5) is 25.5. The molecule has 23 heavy (non-hydrogen) atoms. The number of nitrogens with zero attached hydrogens (tertiary/aromatic N) is 1. The molecule has 1 aliphatic heterocycles. The molecule has 1 aliphatic rings. The van der Waals surface area contributed by atoms with Crippen LogP contribution in [-0.4, -0.2) is 42.9 Å². The molecule has 2 N–H and O–H groups in total. The minimum Gasteiger partial charge on any atom is -0.348 e. The van der Waals surface area contributed by atoms with Crippen LogP contribution < -0.4 is 10.6 Å². The zero-order valence-electron chi connectivity index (χ0n) is 13.5. The van der Waals surface area contributed by atoms with Crippen LogP contribution in [0.2, 0.25) is 0 Å². The van der Waals surface area contributed by atoms with E-state index in [1.807, 2.05) is 6.07 Å². The van der Waals surface area contributed by atoms with E-state index in [0.29, 0.717) is 19.0 Å². The van der Waals surface area contributed by atoms with Gasteiger partial charge in [0, 0.05) is 19.6 Å². The Kier molecular flexibility index (Phi) is 6.81. The Hall–Kier alpha value is -2.14. The molecule has 124 valence electrons. The van der Waals surface area contributed by atoms with Crippen molar-refractivity contribution in [1.82, 2.24) is 15.5 Å². The van der Waals surface area contributed by atoms with Gasteiger partial charge in [-0.15, -0.1) is 6.58 Å². The number of carbonyl (C=O) groups excluding carboxylic acids is 2. The fourth-order valence-electron chi connectivity index (χ4n) is 2.75. The molecule has 5 heteroatoms. The van der Waals surface area contributed by atoms with Crippen molar-refractivity contribution in [3.05, 3.63) is 48.6 Å². The molecule has 1 aromatic rings. The van der Waals surface area contributed by atoms with Crippen LogP contribution in [0.4, 0.5) is 0 Å². The normalized spacial score (nSPS) is 15.8. The van der Waals surface area contributed by atoms with Crippen molar-refractivity contribution in [1.29, 1.82) is 0 Å². The van der Waals surface area contributed by atoms with Gasteiger partial charge in [0.1, 0.15) is 0 Å². The first-order valence-corrected chi connectivity index (χ1v) is 8.12. The highest BCUT2D eigenvalue weighted by Crippen LogP contribution is 2.18. The lowest BCUT2D eigenvalue weighted by molar-refractivity contribution is -0.139. The van der Waals surface area contributed by atoms with Crippen LogP contribution in [0, 0.1) is 5.92 Å². The summed E-state index contributed by atoms with van der Waals surface area (Å²) in [6, 6.07) is 10.5. The van der Waals surface area contributed by atoms with E-state index in [-0.39, 0.29) is 0 Å². The van der Waals surface area contributed by atoms with Gasteiger partial charge in [-0.25, -0.2) is 0 Å². The molecule has 2 rings (SSSR count). The first kappa shape index (κ1) is 17.2. The van der Waals surface area contributed by atoms with Gasteiger partial charge in [0.25, 0.3) is 0 Å². The molecular formula is C18H25N3O2. The number of likely N-dealkylation sites (tertiary alicyclic amines) is 1. The average Bonchev–Trinajstić information content (AvgIpc) is 2.59. The topological polar surface area (TPSA) is 61.4 Å². The van der Waals surface area contributed by atoms with Crippen molar-refractivity contribution >= 4 is 11.8 Å². The van der Waals surface area contributed by atoms with E-state index in [1.165, 1.54) is 5.56 Å². The van der Waals surface area contributed by atoms with Crippen molar-refractivity contribution < 1.29 is 9.59 Å². The number of benzene rings is 1. The van der Waals surface area contributed by atoms with Gasteiger partial charge in [0.05, 0.1) is 0 Å². The number of amides is 2. The Morgan fingerprint density at radius 3 is 2.43 bits per heavy atom. The molecule has 0 radical (unpaired) electrons. The zero-order valence-corrected chi connectivity index (χ0v) is 13.5. The molecule has 0 aliphatic carbocycles. The summed E-state index contributed by atoms with van der Waals surface area (Å²) in [5.74, 6) is -0.705. The van der Waals surface area contributed by atoms with Crippen LogP contribution in [-0.2, 0) is 16.1 Å². The van der Waals surface area contributed by atoms with Gasteiger partial charge in [0.2, 0.25) is 0 Å². The lowest BCUT2D eigenvalue weighted by Gasteiger charge is -2.32. The molecule has 0 aromatic heterocycles. The average molecular weight is 315 g/mol. The van der Waals surface area contributed by atoms with E-state index in [0.717, 1.165) is 32.5 Å². The number of hydrogen-bond acceptors (Lipinski definition) is 3. The van der Waals surface area contributed by atoms with Gasteiger partial charge in [0.15, 0.2) is 0 Å². The van der Waals surface area contributed by atoms with Gasteiger partial charge >= 0.3 is 11.8 Å². The summed E-state index contributed by atoms with van der Waals surface area (Å²) in [6.45, 7) is 7.40. The van der Waals surface area contributed by atoms with Crippen LogP contribution in [0.15, 0.2) is 43.0 Å². The van der Waals surface area contributed by atoms with E-state index >= 15 is 0 Å². The number of carbonyl (C=O) groups is 2. The Labute approximate surface area is 137 Å².